The molecule has 0 aromatic heterocycles. The Morgan fingerprint density at radius 3 is 2.18 bits per heavy atom. The van der Waals surface area contributed by atoms with Crippen LogP contribution in [0.2, 0.25) is 0 Å². The Bertz CT molecular complexity index is 228. The molecule has 1 saturated heterocycles. The molecule has 1 heterocycles. The maximum atomic E-state index is 11.9. The van der Waals surface area contributed by atoms with Gasteiger partial charge < -0.3 is 9.80 Å². The summed E-state index contributed by atoms with van der Waals surface area (Å²) in [5.41, 5.74) is 0. The average molecular weight is 240 g/mol. The standard InChI is InChI=1S/C14H28N2O/c1-5-15(6-2)11-13-7-9-16(10-8-13)14(17)12(3)4/h12-13H,5-11H2,1-4H3. The first-order valence-electron chi connectivity index (χ1n) is 7.09. The van der Waals surface area contributed by atoms with E-state index in [-0.39, 0.29) is 5.92 Å². The van der Waals surface area contributed by atoms with E-state index in [1.807, 2.05) is 18.7 Å². The largest absolute Gasteiger partial charge is 0.342 e. The molecule has 0 bridgehead atoms. The summed E-state index contributed by atoms with van der Waals surface area (Å²) < 4.78 is 0. The van der Waals surface area contributed by atoms with Gasteiger partial charge in [0, 0.05) is 25.6 Å². The summed E-state index contributed by atoms with van der Waals surface area (Å²) in [7, 11) is 0. The van der Waals surface area contributed by atoms with Gasteiger partial charge in [-0.05, 0) is 31.8 Å². The van der Waals surface area contributed by atoms with Crippen molar-refractivity contribution in [1.29, 1.82) is 0 Å². The molecule has 0 spiro atoms. The highest BCUT2D eigenvalue weighted by molar-refractivity contribution is 5.78. The van der Waals surface area contributed by atoms with Crippen LogP contribution in [0.15, 0.2) is 0 Å². The van der Waals surface area contributed by atoms with Crippen LogP contribution in [0.1, 0.15) is 40.5 Å². The van der Waals surface area contributed by atoms with Gasteiger partial charge in [-0.1, -0.05) is 27.7 Å². The molecule has 0 atom stereocenters. The number of carbonyl (C=O) groups is 1. The summed E-state index contributed by atoms with van der Waals surface area (Å²) in [6.45, 7) is 13.8. The molecule has 1 aliphatic heterocycles. The SMILES string of the molecule is CCN(CC)CC1CCN(C(=O)C(C)C)CC1. The van der Waals surface area contributed by atoms with Crippen LogP contribution in [-0.4, -0.2) is 48.4 Å². The molecule has 0 aromatic carbocycles. The number of amides is 1. The highest BCUT2D eigenvalue weighted by Gasteiger charge is 2.24. The van der Waals surface area contributed by atoms with Gasteiger partial charge in [-0.15, -0.1) is 0 Å². The Hall–Kier alpha value is -0.570. The van der Waals surface area contributed by atoms with Crippen molar-refractivity contribution < 1.29 is 4.79 Å². The molecule has 0 aromatic rings. The van der Waals surface area contributed by atoms with Crippen molar-refractivity contribution in [2.24, 2.45) is 11.8 Å². The molecule has 1 amide bonds. The van der Waals surface area contributed by atoms with Crippen LogP contribution in [0.3, 0.4) is 0 Å². The first kappa shape index (κ1) is 14.5. The number of hydrogen-bond acceptors (Lipinski definition) is 2. The van der Waals surface area contributed by atoms with Crippen molar-refractivity contribution in [3.8, 4) is 0 Å². The van der Waals surface area contributed by atoms with Gasteiger partial charge in [0.15, 0.2) is 0 Å². The second-order valence-corrected chi connectivity index (χ2v) is 5.41. The lowest BCUT2D eigenvalue weighted by Gasteiger charge is -2.35. The predicted octanol–water partition coefficient (Wildman–Crippen LogP) is 2.22. The minimum Gasteiger partial charge on any atom is -0.342 e. The molecule has 1 rings (SSSR count). The second kappa shape index (κ2) is 7.00. The lowest BCUT2D eigenvalue weighted by atomic mass is 9.95. The zero-order valence-corrected chi connectivity index (χ0v) is 11.9. The predicted molar refractivity (Wildman–Crippen MR) is 71.9 cm³/mol. The van der Waals surface area contributed by atoms with Gasteiger partial charge in [-0.25, -0.2) is 0 Å². The van der Waals surface area contributed by atoms with Crippen molar-refractivity contribution in [2.45, 2.75) is 40.5 Å². The van der Waals surface area contributed by atoms with Crippen LogP contribution < -0.4 is 0 Å². The third kappa shape index (κ3) is 4.30. The van der Waals surface area contributed by atoms with Gasteiger partial charge in [0.05, 0.1) is 0 Å². The number of nitrogens with zero attached hydrogens (tertiary/aromatic N) is 2. The Morgan fingerprint density at radius 1 is 1.24 bits per heavy atom. The van der Waals surface area contributed by atoms with Crippen LogP contribution in [-0.2, 0) is 4.79 Å². The summed E-state index contributed by atoms with van der Waals surface area (Å²) >= 11 is 0. The lowest BCUT2D eigenvalue weighted by Crippen LogP contribution is -2.43. The molecule has 17 heavy (non-hydrogen) atoms. The summed E-state index contributed by atoms with van der Waals surface area (Å²) in [4.78, 5) is 16.4. The molecular formula is C14H28N2O. The monoisotopic (exact) mass is 240 g/mol. The van der Waals surface area contributed by atoms with E-state index in [9.17, 15) is 4.79 Å². The molecule has 0 unspecified atom stereocenters. The molecular weight excluding hydrogens is 212 g/mol. The maximum Gasteiger partial charge on any atom is 0.225 e. The third-order valence-electron chi connectivity index (χ3n) is 3.83. The fourth-order valence-electron chi connectivity index (χ4n) is 2.55. The third-order valence-corrected chi connectivity index (χ3v) is 3.83. The van der Waals surface area contributed by atoms with E-state index in [1.54, 1.807) is 0 Å². The maximum absolute atomic E-state index is 11.9. The summed E-state index contributed by atoms with van der Waals surface area (Å²) in [6.07, 6.45) is 2.35. The van der Waals surface area contributed by atoms with Gasteiger partial charge in [-0.2, -0.15) is 0 Å². The molecule has 0 N–H and O–H groups in total. The number of rotatable bonds is 5. The van der Waals surface area contributed by atoms with Gasteiger partial charge in [0.1, 0.15) is 0 Å². The number of carbonyl (C=O) groups excluding carboxylic acids is 1. The molecule has 0 radical (unpaired) electrons. The Labute approximate surface area is 106 Å². The molecule has 3 nitrogen and oxygen atoms in total. The Kier molecular flexibility index (Phi) is 5.96. The van der Waals surface area contributed by atoms with E-state index >= 15 is 0 Å². The van der Waals surface area contributed by atoms with E-state index in [2.05, 4.69) is 18.7 Å². The zero-order chi connectivity index (χ0) is 12.8. The first-order valence-corrected chi connectivity index (χ1v) is 7.09. The van der Waals surface area contributed by atoms with E-state index < -0.39 is 0 Å². The van der Waals surface area contributed by atoms with E-state index in [1.165, 1.54) is 19.4 Å². The van der Waals surface area contributed by atoms with E-state index in [0.717, 1.165) is 32.1 Å². The lowest BCUT2D eigenvalue weighted by molar-refractivity contribution is -0.135. The molecule has 0 aliphatic carbocycles. The van der Waals surface area contributed by atoms with Crippen molar-refractivity contribution in [2.75, 3.05) is 32.7 Å². The van der Waals surface area contributed by atoms with Gasteiger partial charge in [0.2, 0.25) is 5.91 Å². The van der Waals surface area contributed by atoms with Gasteiger partial charge >= 0.3 is 0 Å². The summed E-state index contributed by atoms with van der Waals surface area (Å²) in [6, 6.07) is 0. The number of piperidine rings is 1. The Morgan fingerprint density at radius 2 is 1.76 bits per heavy atom. The van der Waals surface area contributed by atoms with Crippen LogP contribution in [0.5, 0.6) is 0 Å². The highest BCUT2D eigenvalue weighted by atomic mass is 16.2. The fraction of sp³-hybridized carbons (Fsp3) is 0.929. The average Bonchev–Trinajstić information content (AvgIpc) is 2.35. The topological polar surface area (TPSA) is 23.6 Å². The van der Waals surface area contributed by atoms with Crippen molar-refractivity contribution in [1.82, 2.24) is 9.80 Å². The minimum atomic E-state index is 0.148. The second-order valence-electron chi connectivity index (χ2n) is 5.41. The van der Waals surface area contributed by atoms with Crippen molar-refractivity contribution >= 4 is 5.91 Å². The molecule has 1 fully saturated rings. The smallest absolute Gasteiger partial charge is 0.225 e. The highest BCUT2D eigenvalue weighted by Crippen LogP contribution is 2.19. The van der Waals surface area contributed by atoms with Crippen molar-refractivity contribution in [3.05, 3.63) is 0 Å². The zero-order valence-electron chi connectivity index (χ0n) is 11.9. The quantitative estimate of drug-likeness (QED) is 0.735. The van der Waals surface area contributed by atoms with Crippen LogP contribution in [0.4, 0.5) is 0 Å². The van der Waals surface area contributed by atoms with E-state index in [4.69, 9.17) is 0 Å². The molecule has 1 aliphatic rings. The normalized spacial score (nSPS) is 18.1. The van der Waals surface area contributed by atoms with Crippen LogP contribution >= 0.6 is 0 Å². The molecule has 100 valence electrons. The fourth-order valence-corrected chi connectivity index (χ4v) is 2.55. The van der Waals surface area contributed by atoms with Gasteiger partial charge in [-0.3, -0.25) is 4.79 Å². The molecule has 3 heteroatoms. The van der Waals surface area contributed by atoms with Crippen LogP contribution in [0.25, 0.3) is 0 Å². The number of hydrogen-bond donors (Lipinski definition) is 0. The van der Waals surface area contributed by atoms with Gasteiger partial charge in [0.25, 0.3) is 0 Å². The molecule has 0 saturated carbocycles. The first-order chi connectivity index (χ1) is 8.08. The summed E-state index contributed by atoms with van der Waals surface area (Å²) in [5, 5.41) is 0. The number of likely N-dealkylation sites (tertiary alicyclic amines) is 1. The minimum absolute atomic E-state index is 0.148. The van der Waals surface area contributed by atoms with Crippen LogP contribution in [0, 0.1) is 11.8 Å². The van der Waals surface area contributed by atoms with E-state index in [0.29, 0.717) is 5.91 Å². The Balaban J connectivity index is 2.33. The summed E-state index contributed by atoms with van der Waals surface area (Å²) in [5.74, 6) is 1.26. The van der Waals surface area contributed by atoms with Crippen molar-refractivity contribution in [3.63, 3.8) is 0 Å².